The Morgan fingerprint density at radius 3 is 1.97 bits per heavy atom. The first-order valence-corrected chi connectivity index (χ1v) is 22.5. The van der Waals surface area contributed by atoms with Crippen LogP contribution >= 0.6 is 11.3 Å². The van der Waals surface area contributed by atoms with Crippen LogP contribution < -0.4 is 16.8 Å². The highest BCUT2D eigenvalue weighted by atomic mass is 32.1. The van der Waals surface area contributed by atoms with Gasteiger partial charge in [0.15, 0.2) is 10.7 Å². The van der Waals surface area contributed by atoms with E-state index in [1.165, 1.54) is 12.8 Å². The van der Waals surface area contributed by atoms with Crippen molar-refractivity contribution in [2.75, 3.05) is 31.1 Å². The average Bonchev–Trinajstić information content (AvgIpc) is 3.96. The smallest absolute Gasteiger partial charge is 0.434 e. The van der Waals surface area contributed by atoms with E-state index < -0.39 is 18.0 Å². The lowest BCUT2D eigenvalue weighted by molar-refractivity contribution is -0.140. The molecule has 10 rings (SSSR count). The fraction of sp³-hybridized carbons (Fsp3) is 0.442. The van der Waals surface area contributed by atoms with Gasteiger partial charge in [0.1, 0.15) is 11.6 Å². The number of nitrogens with zero attached hydrogens (tertiary/aromatic N) is 12. The third-order valence-corrected chi connectivity index (χ3v) is 12.9. The van der Waals surface area contributed by atoms with Gasteiger partial charge in [0.25, 0.3) is 17.7 Å². The van der Waals surface area contributed by atoms with Crippen LogP contribution in [0.4, 0.5) is 29.6 Å². The second-order valence-electron chi connectivity index (χ2n) is 17.8. The number of hydrogen-bond donors (Lipinski definition) is 4. The number of halogens is 3. The largest absolute Gasteiger partial charge is 0.465 e. The molecule has 23 heteroatoms. The van der Waals surface area contributed by atoms with Gasteiger partial charge in [-0.1, -0.05) is 20.8 Å². The molecule has 2 aliphatic heterocycles. The summed E-state index contributed by atoms with van der Waals surface area (Å²) >= 11 is 0.769. The first kappa shape index (κ1) is 44.5. The number of rotatable bonds is 9. The summed E-state index contributed by atoms with van der Waals surface area (Å²) in [5.41, 5.74) is 15.3. The maximum absolute atomic E-state index is 12.8. The Balaban J connectivity index is 0.000000166. The summed E-state index contributed by atoms with van der Waals surface area (Å²) < 4.78 is 53.7. The van der Waals surface area contributed by atoms with Crippen LogP contribution in [0.15, 0.2) is 63.5 Å². The number of nitrogens with two attached hydrogens (primary N) is 2. The maximum atomic E-state index is 12.8. The van der Waals surface area contributed by atoms with Crippen molar-refractivity contribution in [2.45, 2.75) is 90.0 Å². The summed E-state index contributed by atoms with van der Waals surface area (Å²) in [5, 5.41) is 39.0. The van der Waals surface area contributed by atoms with Crippen molar-refractivity contribution in [3.05, 3.63) is 66.3 Å². The number of pyridine rings is 2. The molecule has 2 atom stereocenters. The van der Waals surface area contributed by atoms with E-state index in [1.54, 1.807) is 35.8 Å². The Labute approximate surface area is 379 Å². The minimum absolute atomic E-state index is 0.0259. The van der Waals surface area contributed by atoms with Crippen LogP contribution in [0.3, 0.4) is 0 Å². The van der Waals surface area contributed by atoms with E-state index in [9.17, 15) is 23.1 Å². The molecule has 66 heavy (non-hydrogen) atoms. The summed E-state index contributed by atoms with van der Waals surface area (Å²) in [6.45, 7) is 8.65. The minimum Gasteiger partial charge on any atom is -0.465 e. The molecule has 7 aromatic heterocycles. The Hall–Kier alpha value is -6.75. The van der Waals surface area contributed by atoms with Gasteiger partial charge >= 0.3 is 12.3 Å². The Morgan fingerprint density at radius 1 is 0.803 bits per heavy atom. The number of carboxylic acid groups (broad SMARTS) is 1. The summed E-state index contributed by atoms with van der Waals surface area (Å²) in [6, 6.07) is 4.03. The van der Waals surface area contributed by atoms with Gasteiger partial charge in [0.2, 0.25) is 5.89 Å². The number of thiazole rings is 1. The zero-order chi connectivity index (χ0) is 46.3. The highest BCUT2D eigenvalue weighted by Crippen LogP contribution is 2.39. The van der Waals surface area contributed by atoms with Crippen LogP contribution in [0, 0.1) is 11.3 Å². The molecule has 3 fully saturated rings. The van der Waals surface area contributed by atoms with E-state index in [-0.39, 0.29) is 40.1 Å². The molecule has 7 aromatic rings. The van der Waals surface area contributed by atoms with Crippen LogP contribution in [0.1, 0.15) is 83.0 Å². The predicted octanol–water partition coefficient (Wildman–Crippen LogP) is 7.90. The van der Waals surface area contributed by atoms with Gasteiger partial charge in [-0.15, -0.1) is 31.7 Å². The van der Waals surface area contributed by atoms with Crippen molar-refractivity contribution < 1.29 is 31.9 Å². The van der Waals surface area contributed by atoms with E-state index in [1.807, 2.05) is 27.8 Å². The molecular weight excluding hydrogens is 880 g/mol. The quantitative estimate of drug-likeness (QED) is 0.107. The molecule has 0 radical (unpaired) electrons. The summed E-state index contributed by atoms with van der Waals surface area (Å²) in [6.07, 6.45) is 12.1. The van der Waals surface area contributed by atoms with Crippen molar-refractivity contribution in [3.63, 3.8) is 0 Å². The number of anilines is 2. The summed E-state index contributed by atoms with van der Waals surface area (Å²) in [5.74, 6) is 2.09. The molecule has 19 nitrogen and oxygen atoms in total. The molecule has 6 N–H and O–H groups in total. The van der Waals surface area contributed by atoms with Crippen molar-refractivity contribution in [3.8, 4) is 56.1 Å². The monoisotopic (exact) mass is 927 g/mol. The topological polar surface area (TPSA) is 257 Å². The van der Waals surface area contributed by atoms with Crippen molar-refractivity contribution in [1.82, 2.24) is 65.1 Å². The summed E-state index contributed by atoms with van der Waals surface area (Å²) in [7, 11) is 0. The number of nitrogen functional groups attached to an aromatic ring is 2. The number of hydrogen-bond acceptors (Lipinski definition) is 16. The lowest BCUT2D eigenvalue weighted by Crippen LogP contribution is -2.51. The number of nitrogens with one attached hydrogen (secondary N) is 1. The van der Waals surface area contributed by atoms with E-state index in [4.69, 9.17) is 20.3 Å². The molecular formula is C43H48F3N15O4S. The van der Waals surface area contributed by atoms with Crippen LogP contribution in [0.25, 0.3) is 56.1 Å². The average molecular weight is 928 g/mol. The fourth-order valence-electron chi connectivity index (χ4n) is 8.23. The SMILES string of the molecule is CC(C)(C)C1CC(n2cc(-c3cnc(N)c(-c4nnc(CC5CC5)o4)c3)cn2)CCN1C(=O)O.Nc1ncc(-c2cnn(C3CCNCC3)c2)cc1-c1nnc(-c2nc(C(F)(F)F)cs2)o1. The second kappa shape index (κ2) is 17.9. The highest BCUT2D eigenvalue weighted by molar-refractivity contribution is 7.13. The molecule has 0 aromatic carbocycles. The van der Waals surface area contributed by atoms with Crippen molar-refractivity contribution in [2.24, 2.45) is 11.3 Å². The second-order valence-corrected chi connectivity index (χ2v) is 18.7. The molecule has 346 valence electrons. The Bertz CT molecular complexity index is 2820. The van der Waals surface area contributed by atoms with E-state index in [2.05, 4.69) is 71.6 Å². The number of aromatic nitrogens is 11. The molecule has 0 bridgehead atoms. The third-order valence-electron chi connectivity index (χ3n) is 12.1. The number of likely N-dealkylation sites (tertiary alicyclic amines) is 1. The number of amides is 1. The van der Waals surface area contributed by atoms with Crippen LogP contribution in [-0.2, 0) is 12.6 Å². The number of carbonyl (C=O) groups is 1. The van der Waals surface area contributed by atoms with E-state index in [0.29, 0.717) is 53.7 Å². The normalized spacial score (nSPS) is 18.3. The zero-order valence-corrected chi connectivity index (χ0v) is 37.1. The molecule has 2 unspecified atom stereocenters. The number of piperidine rings is 2. The zero-order valence-electron chi connectivity index (χ0n) is 36.3. The molecule has 1 saturated carbocycles. The van der Waals surface area contributed by atoms with Gasteiger partial charge < -0.3 is 35.6 Å². The van der Waals surface area contributed by atoms with E-state index in [0.717, 1.165) is 77.7 Å². The van der Waals surface area contributed by atoms with Crippen molar-refractivity contribution >= 4 is 29.1 Å². The molecule has 1 aliphatic carbocycles. The van der Waals surface area contributed by atoms with Crippen LogP contribution in [0.2, 0.25) is 0 Å². The van der Waals surface area contributed by atoms with Crippen LogP contribution in [0.5, 0.6) is 0 Å². The first-order chi connectivity index (χ1) is 31.6. The molecule has 3 aliphatic rings. The van der Waals surface area contributed by atoms with Gasteiger partial charge in [-0.3, -0.25) is 9.36 Å². The Kier molecular flexibility index (Phi) is 12.1. The van der Waals surface area contributed by atoms with Gasteiger partial charge in [-0.2, -0.15) is 23.4 Å². The predicted molar refractivity (Wildman–Crippen MR) is 236 cm³/mol. The van der Waals surface area contributed by atoms with Gasteiger partial charge in [0, 0.05) is 71.4 Å². The third kappa shape index (κ3) is 9.76. The van der Waals surface area contributed by atoms with E-state index >= 15 is 0 Å². The Morgan fingerprint density at radius 2 is 1.39 bits per heavy atom. The maximum Gasteiger partial charge on any atom is 0.434 e. The molecule has 0 spiro atoms. The van der Waals surface area contributed by atoms with Gasteiger partial charge in [-0.05, 0) is 75.1 Å². The molecule has 9 heterocycles. The minimum atomic E-state index is -4.54. The lowest BCUT2D eigenvalue weighted by atomic mass is 9.79. The fourth-order valence-corrected chi connectivity index (χ4v) is 8.97. The standard InChI is InChI=1S/C24H31N7O3.C19H17F3N8OS/c1-24(2,3)19-10-17(6-7-30(19)23(32)33)31-13-16(12-27-31)15-9-18(21(25)26-11-15)22-29-28-20(34-22)8-14-4-5-14;20-19(21,22)14-9-32-18(27-14)17-29-28-16(31-17)13-5-10(6-25-15(13)23)11-7-26-30(8-11)12-1-3-24-4-2-12/h9,11-14,17,19H,4-8,10H2,1-3H3,(H2,25,26)(H,32,33);5-9,12,24H,1-4H2,(H2,23,25). The lowest BCUT2D eigenvalue weighted by Gasteiger charge is -2.44. The summed E-state index contributed by atoms with van der Waals surface area (Å²) in [4.78, 5) is 25.4. The highest BCUT2D eigenvalue weighted by Gasteiger charge is 2.40. The first-order valence-electron chi connectivity index (χ1n) is 21.6. The molecule has 1 amide bonds. The van der Waals surface area contributed by atoms with Crippen LogP contribution in [-0.4, -0.2) is 96.7 Å². The van der Waals surface area contributed by atoms with Gasteiger partial charge in [-0.25, -0.2) is 19.7 Å². The number of alkyl halides is 3. The van der Waals surface area contributed by atoms with Crippen molar-refractivity contribution in [1.29, 1.82) is 0 Å². The van der Waals surface area contributed by atoms with Gasteiger partial charge in [0.05, 0.1) is 35.6 Å². The molecule has 2 saturated heterocycles.